The van der Waals surface area contributed by atoms with E-state index in [-0.39, 0.29) is 30.8 Å². The molecule has 0 aromatic heterocycles. The van der Waals surface area contributed by atoms with Crippen molar-refractivity contribution in [2.24, 2.45) is 0 Å². The Hall–Kier alpha value is -4.19. The summed E-state index contributed by atoms with van der Waals surface area (Å²) in [5, 5.41) is 4.92. The number of ether oxygens (including phenoxy) is 1. The molecule has 4 aromatic rings. The van der Waals surface area contributed by atoms with Crippen molar-refractivity contribution in [3.63, 3.8) is 0 Å². The molecule has 0 radical (unpaired) electrons. The smallest absolute Gasteiger partial charge is 0.261 e. The maximum atomic E-state index is 13.7. The molecule has 0 bridgehead atoms. The molecule has 0 saturated carbocycles. The predicted octanol–water partition coefficient (Wildman–Crippen LogP) is 5.91. The van der Waals surface area contributed by atoms with E-state index in [2.05, 4.69) is 12.2 Å². The topological polar surface area (TPSA) is 58.6 Å². The number of hydrogen-bond donors (Lipinski definition) is 1. The van der Waals surface area contributed by atoms with Crippen LogP contribution >= 0.6 is 0 Å². The monoisotopic (exact) mass is 512 g/mol. The van der Waals surface area contributed by atoms with Gasteiger partial charge in [0, 0.05) is 24.9 Å². The maximum absolute atomic E-state index is 13.7. The lowest BCUT2D eigenvalue weighted by molar-refractivity contribution is -0.142. The first-order valence-corrected chi connectivity index (χ1v) is 13.0. The summed E-state index contributed by atoms with van der Waals surface area (Å²) in [5.41, 5.74) is 1.67. The summed E-state index contributed by atoms with van der Waals surface area (Å²) >= 11 is 0. The van der Waals surface area contributed by atoms with Gasteiger partial charge in [0.15, 0.2) is 6.61 Å². The summed E-state index contributed by atoms with van der Waals surface area (Å²) in [7, 11) is 0. The number of benzene rings is 4. The highest BCUT2D eigenvalue weighted by Crippen LogP contribution is 2.25. The van der Waals surface area contributed by atoms with Gasteiger partial charge in [-0.05, 0) is 41.1 Å². The highest BCUT2D eigenvalue weighted by atomic mass is 19.1. The molecule has 38 heavy (non-hydrogen) atoms. The molecule has 0 aliphatic heterocycles. The first-order chi connectivity index (χ1) is 18.5. The van der Waals surface area contributed by atoms with Crippen molar-refractivity contribution in [1.82, 2.24) is 10.2 Å². The van der Waals surface area contributed by atoms with E-state index in [1.54, 1.807) is 17.0 Å². The van der Waals surface area contributed by atoms with Gasteiger partial charge >= 0.3 is 0 Å². The molecule has 0 aliphatic rings. The molecule has 5 nitrogen and oxygen atoms in total. The third-order valence-electron chi connectivity index (χ3n) is 6.47. The van der Waals surface area contributed by atoms with Crippen LogP contribution in [0.3, 0.4) is 0 Å². The number of unbranched alkanes of at least 4 members (excludes halogenated alkanes) is 1. The molecule has 6 heteroatoms. The Labute approximate surface area is 223 Å². The highest BCUT2D eigenvalue weighted by molar-refractivity contribution is 5.90. The molecule has 0 spiro atoms. The van der Waals surface area contributed by atoms with Crippen molar-refractivity contribution in [1.29, 1.82) is 0 Å². The Balaban J connectivity index is 1.62. The van der Waals surface area contributed by atoms with Gasteiger partial charge < -0.3 is 15.0 Å². The van der Waals surface area contributed by atoms with Crippen LogP contribution in [0.5, 0.6) is 5.75 Å². The third kappa shape index (κ3) is 7.19. The van der Waals surface area contributed by atoms with E-state index < -0.39 is 6.04 Å². The standard InChI is InChI=1S/C32H33FN2O3/c1-2-3-20-34-32(37)29(21-24-10-5-4-6-11-24)35(22-25-16-18-27(33)19-17-25)31(36)23-38-30-15-9-13-26-12-7-8-14-28(26)30/h4-19,29H,2-3,20-23H2,1H3,(H,34,37)/t29-/m0/s1. The van der Waals surface area contributed by atoms with Gasteiger partial charge in [0.05, 0.1) is 0 Å². The van der Waals surface area contributed by atoms with Crippen molar-refractivity contribution in [2.75, 3.05) is 13.2 Å². The van der Waals surface area contributed by atoms with E-state index in [1.807, 2.05) is 72.8 Å². The van der Waals surface area contributed by atoms with E-state index in [0.29, 0.717) is 18.7 Å². The number of halogens is 1. The molecule has 4 rings (SSSR count). The Kier molecular flexibility index (Phi) is 9.46. The van der Waals surface area contributed by atoms with E-state index in [9.17, 15) is 14.0 Å². The van der Waals surface area contributed by atoms with Gasteiger partial charge in [0.1, 0.15) is 17.6 Å². The number of carbonyl (C=O) groups is 2. The van der Waals surface area contributed by atoms with Crippen molar-refractivity contribution in [3.05, 3.63) is 114 Å². The fourth-order valence-corrected chi connectivity index (χ4v) is 4.39. The van der Waals surface area contributed by atoms with E-state index in [1.165, 1.54) is 12.1 Å². The molecule has 0 aliphatic carbocycles. The largest absolute Gasteiger partial charge is 0.483 e. The Morgan fingerprint density at radius 3 is 2.34 bits per heavy atom. The average molecular weight is 513 g/mol. The van der Waals surface area contributed by atoms with Crippen LogP contribution in [0.2, 0.25) is 0 Å². The average Bonchev–Trinajstić information content (AvgIpc) is 2.95. The van der Waals surface area contributed by atoms with E-state index in [4.69, 9.17) is 4.74 Å². The number of carbonyl (C=O) groups excluding carboxylic acids is 2. The van der Waals surface area contributed by atoms with Crippen LogP contribution in [-0.2, 0) is 22.6 Å². The summed E-state index contributed by atoms with van der Waals surface area (Å²) in [5.74, 6) is -0.300. The second-order valence-corrected chi connectivity index (χ2v) is 9.26. The number of nitrogens with one attached hydrogen (secondary N) is 1. The molecule has 196 valence electrons. The normalized spacial score (nSPS) is 11.6. The number of amides is 2. The SMILES string of the molecule is CCCCNC(=O)[C@H](Cc1ccccc1)N(Cc1ccc(F)cc1)C(=O)COc1cccc2ccccc12. The lowest BCUT2D eigenvalue weighted by Crippen LogP contribution is -2.51. The minimum Gasteiger partial charge on any atom is -0.483 e. The number of rotatable bonds is 12. The molecule has 0 fully saturated rings. The first-order valence-electron chi connectivity index (χ1n) is 13.0. The van der Waals surface area contributed by atoms with Crippen LogP contribution in [0.25, 0.3) is 10.8 Å². The number of hydrogen-bond acceptors (Lipinski definition) is 3. The van der Waals surface area contributed by atoms with Crippen molar-refractivity contribution >= 4 is 22.6 Å². The van der Waals surface area contributed by atoms with E-state index >= 15 is 0 Å². The summed E-state index contributed by atoms with van der Waals surface area (Å²) in [4.78, 5) is 28.7. The molecular formula is C32H33FN2O3. The zero-order valence-corrected chi connectivity index (χ0v) is 21.6. The second-order valence-electron chi connectivity index (χ2n) is 9.26. The lowest BCUT2D eigenvalue weighted by Gasteiger charge is -2.31. The molecule has 0 heterocycles. The fourth-order valence-electron chi connectivity index (χ4n) is 4.39. The minimum atomic E-state index is -0.761. The fraction of sp³-hybridized carbons (Fsp3) is 0.250. The maximum Gasteiger partial charge on any atom is 0.261 e. The van der Waals surface area contributed by atoms with Gasteiger partial charge in [-0.25, -0.2) is 4.39 Å². The number of nitrogens with zero attached hydrogens (tertiary/aromatic N) is 1. The van der Waals surface area contributed by atoms with Crippen LogP contribution in [0, 0.1) is 5.82 Å². The first kappa shape index (κ1) is 26.9. The summed E-state index contributed by atoms with van der Waals surface area (Å²) in [6.45, 7) is 2.51. The third-order valence-corrected chi connectivity index (χ3v) is 6.47. The summed E-state index contributed by atoms with van der Waals surface area (Å²) in [6.07, 6.45) is 2.14. The number of fused-ring (bicyclic) bond motifs is 1. The van der Waals surface area contributed by atoms with E-state index in [0.717, 1.165) is 34.7 Å². The van der Waals surface area contributed by atoms with Crippen LogP contribution in [0.4, 0.5) is 4.39 Å². The van der Waals surface area contributed by atoms with Gasteiger partial charge in [-0.2, -0.15) is 0 Å². The molecule has 0 saturated heterocycles. The van der Waals surface area contributed by atoms with Crippen molar-refractivity contribution in [3.8, 4) is 5.75 Å². The van der Waals surface area contributed by atoms with Crippen LogP contribution < -0.4 is 10.1 Å². The molecule has 2 amide bonds. The lowest BCUT2D eigenvalue weighted by atomic mass is 10.0. The minimum absolute atomic E-state index is 0.150. The zero-order chi connectivity index (χ0) is 26.7. The second kappa shape index (κ2) is 13.4. The Morgan fingerprint density at radius 2 is 1.58 bits per heavy atom. The molecule has 1 N–H and O–H groups in total. The summed E-state index contributed by atoms with van der Waals surface area (Å²) in [6, 6.07) is 28.4. The Morgan fingerprint density at radius 1 is 0.868 bits per heavy atom. The van der Waals surface area contributed by atoms with Crippen molar-refractivity contribution in [2.45, 2.75) is 38.8 Å². The zero-order valence-electron chi connectivity index (χ0n) is 21.6. The van der Waals surface area contributed by atoms with Gasteiger partial charge in [-0.15, -0.1) is 0 Å². The van der Waals surface area contributed by atoms with Gasteiger partial charge in [0.25, 0.3) is 5.91 Å². The molecule has 4 aromatic carbocycles. The Bertz CT molecular complexity index is 1340. The van der Waals surface area contributed by atoms with Gasteiger partial charge in [-0.1, -0.05) is 92.2 Å². The van der Waals surface area contributed by atoms with Gasteiger partial charge in [0.2, 0.25) is 5.91 Å². The van der Waals surface area contributed by atoms with Gasteiger partial charge in [-0.3, -0.25) is 9.59 Å². The quantitative estimate of drug-likeness (QED) is 0.240. The van der Waals surface area contributed by atoms with Crippen LogP contribution in [0.15, 0.2) is 97.1 Å². The predicted molar refractivity (Wildman–Crippen MR) is 148 cm³/mol. The summed E-state index contributed by atoms with van der Waals surface area (Å²) < 4.78 is 19.6. The van der Waals surface area contributed by atoms with Crippen LogP contribution in [-0.4, -0.2) is 35.9 Å². The molecule has 1 atom stereocenters. The van der Waals surface area contributed by atoms with Crippen molar-refractivity contribution < 1.29 is 18.7 Å². The molecular weight excluding hydrogens is 479 g/mol. The highest BCUT2D eigenvalue weighted by Gasteiger charge is 2.30. The molecule has 0 unspecified atom stereocenters. The van der Waals surface area contributed by atoms with Crippen LogP contribution in [0.1, 0.15) is 30.9 Å².